The predicted molar refractivity (Wildman–Crippen MR) is 109 cm³/mol. The van der Waals surface area contributed by atoms with Crippen molar-refractivity contribution in [1.82, 2.24) is 24.6 Å². The molecule has 4 rings (SSSR count). The van der Waals surface area contributed by atoms with Gasteiger partial charge in [0.1, 0.15) is 17.6 Å². The number of nitrogens with zero attached hydrogens (tertiary/aromatic N) is 4. The van der Waals surface area contributed by atoms with Crippen LogP contribution in [0.4, 0.5) is 0 Å². The van der Waals surface area contributed by atoms with Crippen molar-refractivity contribution < 1.29 is 9.53 Å². The molecular formula is C22H21N5O2. The van der Waals surface area contributed by atoms with E-state index in [-0.39, 0.29) is 5.91 Å². The fourth-order valence-corrected chi connectivity index (χ4v) is 3.13. The standard InChI is InChI=1S/C22H21N5O2/c1-26-13-12-23-21(26)20(16-8-10-19(29-2)11-9-16)25-22(28)17-14-24-27(15-17)18-6-4-3-5-7-18/h3-15,20H,1-2H3,(H,25,28). The van der Waals surface area contributed by atoms with Gasteiger partial charge < -0.3 is 14.6 Å². The van der Waals surface area contributed by atoms with Crippen LogP contribution >= 0.6 is 0 Å². The van der Waals surface area contributed by atoms with Gasteiger partial charge in [-0.1, -0.05) is 30.3 Å². The Morgan fingerprint density at radius 3 is 2.52 bits per heavy atom. The normalized spacial score (nSPS) is 11.8. The molecule has 7 nitrogen and oxygen atoms in total. The van der Waals surface area contributed by atoms with Crippen LogP contribution < -0.4 is 10.1 Å². The number of nitrogens with one attached hydrogen (secondary N) is 1. The molecule has 146 valence electrons. The van der Waals surface area contributed by atoms with Crippen molar-refractivity contribution >= 4 is 5.91 Å². The Balaban J connectivity index is 1.61. The number of rotatable bonds is 6. The number of aromatic nitrogens is 4. The minimum absolute atomic E-state index is 0.226. The third-order valence-electron chi connectivity index (χ3n) is 4.71. The molecule has 1 amide bonds. The second-order valence-electron chi connectivity index (χ2n) is 6.59. The molecule has 0 aliphatic carbocycles. The summed E-state index contributed by atoms with van der Waals surface area (Å²) in [7, 11) is 3.52. The van der Waals surface area contributed by atoms with Crippen molar-refractivity contribution in [2.45, 2.75) is 6.04 Å². The van der Waals surface area contributed by atoms with E-state index in [0.717, 1.165) is 22.8 Å². The van der Waals surface area contributed by atoms with Gasteiger partial charge in [0.15, 0.2) is 0 Å². The number of carbonyl (C=O) groups is 1. The summed E-state index contributed by atoms with van der Waals surface area (Å²) in [6.45, 7) is 0. The Kier molecular flexibility index (Phi) is 5.11. The lowest BCUT2D eigenvalue weighted by molar-refractivity contribution is 0.0941. The number of para-hydroxylation sites is 1. The van der Waals surface area contributed by atoms with E-state index < -0.39 is 6.04 Å². The SMILES string of the molecule is COc1ccc(C(NC(=O)c2cnn(-c3ccccc3)c2)c2nccn2C)cc1. The molecule has 0 radical (unpaired) electrons. The first-order chi connectivity index (χ1) is 14.2. The van der Waals surface area contributed by atoms with Crippen LogP contribution in [0.3, 0.4) is 0 Å². The minimum atomic E-state index is -0.409. The number of aryl methyl sites for hydroxylation is 1. The second kappa shape index (κ2) is 8.02. The van der Waals surface area contributed by atoms with E-state index in [1.165, 1.54) is 0 Å². The van der Waals surface area contributed by atoms with E-state index in [2.05, 4.69) is 15.4 Å². The van der Waals surface area contributed by atoms with Crippen molar-refractivity contribution in [3.05, 3.63) is 96.3 Å². The number of imidazole rings is 1. The summed E-state index contributed by atoms with van der Waals surface area (Å²) in [6, 6.07) is 16.8. The first kappa shape index (κ1) is 18.5. The van der Waals surface area contributed by atoms with Crippen LogP contribution in [0.15, 0.2) is 79.4 Å². The van der Waals surface area contributed by atoms with Gasteiger partial charge in [0, 0.05) is 25.6 Å². The van der Waals surface area contributed by atoms with Crippen molar-refractivity contribution in [3.63, 3.8) is 0 Å². The smallest absolute Gasteiger partial charge is 0.255 e. The average Bonchev–Trinajstić information content (AvgIpc) is 3.42. The predicted octanol–water partition coefficient (Wildman–Crippen LogP) is 3.13. The Morgan fingerprint density at radius 1 is 1.10 bits per heavy atom. The van der Waals surface area contributed by atoms with Crippen molar-refractivity contribution in [2.75, 3.05) is 7.11 Å². The van der Waals surface area contributed by atoms with E-state index in [4.69, 9.17) is 4.74 Å². The van der Waals surface area contributed by atoms with Crippen LogP contribution in [0.5, 0.6) is 5.75 Å². The first-order valence-electron chi connectivity index (χ1n) is 9.18. The van der Waals surface area contributed by atoms with Crippen molar-refractivity contribution in [2.24, 2.45) is 7.05 Å². The molecule has 1 unspecified atom stereocenters. The summed E-state index contributed by atoms with van der Waals surface area (Å²) in [5.74, 6) is 1.26. The molecule has 29 heavy (non-hydrogen) atoms. The maximum atomic E-state index is 13.0. The highest BCUT2D eigenvalue weighted by atomic mass is 16.5. The largest absolute Gasteiger partial charge is 0.497 e. The molecule has 7 heteroatoms. The Morgan fingerprint density at radius 2 is 1.86 bits per heavy atom. The Bertz CT molecular complexity index is 1100. The number of hydrogen-bond acceptors (Lipinski definition) is 4. The van der Waals surface area contributed by atoms with Crippen LogP contribution in [0, 0.1) is 0 Å². The van der Waals surface area contributed by atoms with Gasteiger partial charge in [-0.3, -0.25) is 4.79 Å². The van der Waals surface area contributed by atoms with Gasteiger partial charge >= 0.3 is 0 Å². The highest BCUT2D eigenvalue weighted by Crippen LogP contribution is 2.23. The number of ether oxygens (including phenoxy) is 1. The molecule has 0 spiro atoms. The molecule has 2 heterocycles. The maximum absolute atomic E-state index is 13.0. The molecule has 0 bridgehead atoms. The molecule has 4 aromatic rings. The van der Waals surface area contributed by atoms with E-state index in [0.29, 0.717) is 5.56 Å². The van der Waals surface area contributed by atoms with Gasteiger partial charge in [0.2, 0.25) is 0 Å². The Hall–Kier alpha value is -3.87. The summed E-state index contributed by atoms with van der Waals surface area (Å²) in [5.41, 5.74) is 2.27. The maximum Gasteiger partial charge on any atom is 0.255 e. The number of benzene rings is 2. The van der Waals surface area contributed by atoms with Gasteiger partial charge in [0.25, 0.3) is 5.91 Å². The minimum Gasteiger partial charge on any atom is -0.497 e. The fourth-order valence-electron chi connectivity index (χ4n) is 3.13. The van der Waals surface area contributed by atoms with Crippen LogP contribution in [-0.2, 0) is 7.05 Å². The molecule has 0 aliphatic rings. The van der Waals surface area contributed by atoms with E-state index >= 15 is 0 Å². The van der Waals surface area contributed by atoms with Crippen molar-refractivity contribution in [1.29, 1.82) is 0 Å². The molecule has 1 atom stereocenters. The molecule has 2 aromatic heterocycles. The summed E-state index contributed by atoms with van der Waals surface area (Å²) >= 11 is 0. The average molecular weight is 387 g/mol. The monoisotopic (exact) mass is 387 g/mol. The third-order valence-corrected chi connectivity index (χ3v) is 4.71. The van der Waals surface area contributed by atoms with Crippen LogP contribution in [0.2, 0.25) is 0 Å². The number of hydrogen-bond donors (Lipinski definition) is 1. The van der Waals surface area contributed by atoms with Gasteiger partial charge in [-0.25, -0.2) is 9.67 Å². The second-order valence-corrected chi connectivity index (χ2v) is 6.59. The lowest BCUT2D eigenvalue weighted by Crippen LogP contribution is -2.30. The summed E-state index contributed by atoms with van der Waals surface area (Å²) in [5, 5.41) is 7.39. The zero-order valence-electron chi connectivity index (χ0n) is 16.2. The van der Waals surface area contributed by atoms with Crippen molar-refractivity contribution in [3.8, 4) is 11.4 Å². The highest BCUT2D eigenvalue weighted by molar-refractivity contribution is 5.94. The third kappa shape index (κ3) is 3.89. The molecular weight excluding hydrogens is 366 g/mol. The molecule has 2 aromatic carbocycles. The van der Waals surface area contributed by atoms with E-state index in [1.807, 2.05) is 72.4 Å². The number of amides is 1. The number of methoxy groups -OCH3 is 1. The van der Waals surface area contributed by atoms with Gasteiger partial charge in [-0.2, -0.15) is 5.10 Å². The molecule has 1 N–H and O–H groups in total. The summed E-state index contributed by atoms with van der Waals surface area (Å²) < 4.78 is 8.81. The Labute approximate surface area is 168 Å². The van der Waals surface area contributed by atoms with Crippen LogP contribution in [0.1, 0.15) is 27.8 Å². The topological polar surface area (TPSA) is 74.0 Å². The summed E-state index contributed by atoms with van der Waals surface area (Å²) in [4.78, 5) is 17.4. The molecule has 0 saturated carbocycles. The highest BCUT2D eigenvalue weighted by Gasteiger charge is 2.22. The summed E-state index contributed by atoms with van der Waals surface area (Å²) in [6.07, 6.45) is 6.84. The molecule has 0 saturated heterocycles. The fraction of sp³-hybridized carbons (Fsp3) is 0.136. The van der Waals surface area contributed by atoms with Gasteiger partial charge in [0.05, 0.1) is 24.6 Å². The van der Waals surface area contributed by atoms with Crippen LogP contribution in [0.25, 0.3) is 5.69 Å². The van der Waals surface area contributed by atoms with Crippen LogP contribution in [-0.4, -0.2) is 32.3 Å². The van der Waals surface area contributed by atoms with Gasteiger partial charge in [-0.05, 0) is 29.8 Å². The first-order valence-corrected chi connectivity index (χ1v) is 9.18. The van der Waals surface area contributed by atoms with E-state index in [9.17, 15) is 4.79 Å². The van der Waals surface area contributed by atoms with E-state index in [1.54, 1.807) is 30.4 Å². The lowest BCUT2D eigenvalue weighted by Gasteiger charge is -2.19. The zero-order valence-corrected chi connectivity index (χ0v) is 16.2. The quantitative estimate of drug-likeness (QED) is 0.552. The number of carbonyl (C=O) groups excluding carboxylic acids is 1. The zero-order chi connectivity index (χ0) is 20.2. The molecule has 0 aliphatic heterocycles. The lowest BCUT2D eigenvalue weighted by atomic mass is 10.1. The van der Waals surface area contributed by atoms with Gasteiger partial charge in [-0.15, -0.1) is 0 Å². The molecule has 0 fully saturated rings.